The van der Waals surface area contributed by atoms with Gasteiger partial charge in [0.05, 0.1) is 12.5 Å². The first-order valence-corrected chi connectivity index (χ1v) is 7.19. The minimum Gasteiger partial charge on any atom is -0.508 e. The van der Waals surface area contributed by atoms with Crippen molar-refractivity contribution in [3.63, 3.8) is 0 Å². The van der Waals surface area contributed by atoms with Gasteiger partial charge in [0.25, 0.3) is 0 Å². The molecule has 0 saturated carbocycles. The predicted molar refractivity (Wildman–Crippen MR) is 86.2 cm³/mol. The van der Waals surface area contributed by atoms with Crippen molar-refractivity contribution in [2.24, 2.45) is 0 Å². The largest absolute Gasteiger partial charge is 0.508 e. The van der Waals surface area contributed by atoms with E-state index >= 15 is 0 Å². The number of phenols is 2. The molecule has 0 fully saturated rings. The summed E-state index contributed by atoms with van der Waals surface area (Å²) in [6.45, 7) is 0. The quantitative estimate of drug-likeness (QED) is 0.774. The Labute approximate surface area is 132 Å². The maximum absolute atomic E-state index is 12.1. The van der Waals surface area contributed by atoms with E-state index in [1.54, 1.807) is 24.3 Å². The summed E-state index contributed by atoms with van der Waals surface area (Å²) in [6.07, 6.45) is 0.975. The molecule has 0 aliphatic carbocycles. The zero-order valence-electron chi connectivity index (χ0n) is 12.6. The molecular formula is C18H16O5. The highest BCUT2D eigenvalue weighted by Gasteiger charge is 2.10. The normalized spacial score (nSPS) is 10.8. The minimum absolute atomic E-state index is 0.0267. The molecule has 2 aromatic carbocycles. The molecule has 0 bridgehead atoms. The van der Waals surface area contributed by atoms with Gasteiger partial charge in [-0.3, -0.25) is 4.79 Å². The third-order valence-corrected chi connectivity index (χ3v) is 3.70. The van der Waals surface area contributed by atoms with Crippen LogP contribution in [0.5, 0.6) is 17.2 Å². The molecule has 23 heavy (non-hydrogen) atoms. The van der Waals surface area contributed by atoms with Gasteiger partial charge in [-0.2, -0.15) is 0 Å². The van der Waals surface area contributed by atoms with E-state index in [0.29, 0.717) is 35.3 Å². The number of hydrogen-bond donors (Lipinski definition) is 2. The van der Waals surface area contributed by atoms with E-state index in [1.807, 2.05) is 0 Å². The molecular weight excluding hydrogens is 296 g/mol. The Balaban J connectivity index is 1.88. The van der Waals surface area contributed by atoms with Gasteiger partial charge in [0.1, 0.15) is 17.1 Å². The fourth-order valence-electron chi connectivity index (χ4n) is 2.51. The van der Waals surface area contributed by atoms with Gasteiger partial charge < -0.3 is 19.4 Å². The predicted octanol–water partition coefficient (Wildman–Crippen LogP) is 3.00. The summed E-state index contributed by atoms with van der Waals surface area (Å²) in [7, 11) is 1.50. The smallest absolute Gasteiger partial charge is 0.193 e. The zero-order valence-corrected chi connectivity index (χ0v) is 12.6. The van der Waals surface area contributed by atoms with Gasteiger partial charge in [-0.25, -0.2) is 0 Å². The molecule has 0 atom stereocenters. The van der Waals surface area contributed by atoms with Crippen LogP contribution < -0.4 is 10.2 Å². The van der Waals surface area contributed by atoms with E-state index in [1.165, 1.54) is 25.3 Å². The summed E-state index contributed by atoms with van der Waals surface area (Å²) in [5.41, 5.74) is 0.949. The van der Waals surface area contributed by atoms with Crippen molar-refractivity contribution in [3.05, 3.63) is 64.0 Å². The molecule has 3 rings (SSSR count). The average molecular weight is 312 g/mol. The van der Waals surface area contributed by atoms with Gasteiger partial charge in [0.15, 0.2) is 16.9 Å². The third-order valence-electron chi connectivity index (χ3n) is 3.70. The zero-order chi connectivity index (χ0) is 16.4. The molecule has 0 aliphatic rings. The fourth-order valence-corrected chi connectivity index (χ4v) is 2.51. The van der Waals surface area contributed by atoms with E-state index in [0.717, 1.165) is 5.56 Å². The van der Waals surface area contributed by atoms with E-state index in [9.17, 15) is 15.0 Å². The van der Waals surface area contributed by atoms with Crippen LogP contribution in [0.3, 0.4) is 0 Å². The molecule has 118 valence electrons. The lowest BCUT2D eigenvalue weighted by molar-refractivity contribution is 0.370. The maximum atomic E-state index is 12.1. The van der Waals surface area contributed by atoms with Crippen molar-refractivity contribution in [1.29, 1.82) is 0 Å². The Morgan fingerprint density at radius 2 is 1.91 bits per heavy atom. The van der Waals surface area contributed by atoms with Crippen molar-refractivity contribution < 1.29 is 19.4 Å². The number of ether oxygens (including phenoxy) is 1. The standard InChI is InChI=1S/C18H16O5/c1-22-17-4-2-3-11(18(17)21)5-7-13-10-15(20)14-9-12(19)6-8-16(14)23-13/h2-4,6,8-10,19,21H,5,7H2,1H3. The number of para-hydroxylation sites is 1. The van der Waals surface area contributed by atoms with Crippen LogP contribution in [0.2, 0.25) is 0 Å². The number of aromatic hydroxyl groups is 2. The van der Waals surface area contributed by atoms with Gasteiger partial charge in [-0.05, 0) is 36.2 Å². The number of phenolic OH excluding ortho intramolecular Hbond substituents is 2. The van der Waals surface area contributed by atoms with E-state index in [2.05, 4.69) is 0 Å². The summed E-state index contributed by atoms with van der Waals surface area (Å²) in [6, 6.07) is 11.1. The summed E-state index contributed by atoms with van der Waals surface area (Å²) >= 11 is 0. The van der Waals surface area contributed by atoms with Gasteiger partial charge >= 0.3 is 0 Å². The monoisotopic (exact) mass is 312 g/mol. The second kappa shape index (κ2) is 6.04. The summed E-state index contributed by atoms with van der Waals surface area (Å²) in [5, 5.41) is 19.9. The lowest BCUT2D eigenvalue weighted by atomic mass is 10.1. The highest BCUT2D eigenvalue weighted by atomic mass is 16.5. The lowest BCUT2D eigenvalue weighted by Crippen LogP contribution is -2.03. The van der Waals surface area contributed by atoms with Crippen LogP contribution in [0, 0.1) is 0 Å². The molecule has 5 heteroatoms. The minimum atomic E-state index is -0.202. The SMILES string of the molecule is COc1cccc(CCc2cc(=O)c3cc(O)ccc3o2)c1O. The number of hydrogen-bond acceptors (Lipinski definition) is 5. The van der Waals surface area contributed by atoms with Crippen molar-refractivity contribution in [1.82, 2.24) is 0 Å². The molecule has 1 aromatic heterocycles. The van der Waals surface area contributed by atoms with Gasteiger partial charge in [-0.1, -0.05) is 12.1 Å². The lowest BCUT2D eigenvalue weighted by Gasteiger charge is -2.08. The Bertz CT molecular complexity index is 911. The molecule has 1 heterocycles. The fraction of sp³-hybridized carbons (Fsp3) is 0.167. The summed E-state index contributed by atoms with van der Waals surface area (Å²) in [4.78, 5) is 12.1. The van der Waals surface area contributed by atoms with Crippen LogP contribution in [-0.2, 0) is 12.8 Å². The summed E-state index contributed by atoms with van der Waals surface area (Å²) < 4.78 is 10.8. The molecule has 0 saturated heterocycles. The topological polar surface area (TPSA) is 79.9 Å². The van der Waals surface area contributed by atoms with Crippen LogP contribution >= 0.6 is 0 Å². The highest BCUT2D eigenvalue weighted by Crippen LogP contribution is 2.30. The van der Waals surface area contributed by atoms with E-state index in [-0.39, 0.29) is 16.9 Å². The number of aryl methyl sites for hydroxylation is 2. The molecule has 0 unspecified atom stereocenters. The van der Waals surface area contributed by atoms with Crippen molar-refractivity contribution >= 4 is 11.0 Å². The molecule has 0 aliphatic heterocycles. The Morgan fingerprint density at radius 1 is 1.09 bits per heavy atom. The maximum Gasteiger partial charge on any atom is 0.193 e. The molecule has 0 radical (unpaired) electrons. The molecule has 2 N–H and O–H groups in total. The number of benzene rings is 2. The Hall–Kier alpha value is -2.95. The van der Waals surface area contributed by atoms with Crippen LogP contribution in [0.25, 0.3) is 11.0 Å². The third kappa shape index (κ3) is 2.99. The van der Waals surface area contributed by atoms with Crippen LogP contribution in [-0.4, -0.2) is 17.3 Å². The molecule has 3 aromatic rings. The molecule has 0 spiro atoms. The second-order valence-electron chi connectivity index (χ2n) is 5.23. The first-order chi connectivity index (χ1) is 11.1. The van der Waals surface area contributed by atoms with Gasteiger partial charge in [-0.15, -0.1) is 0 Å². The van der Waals surface area contributed by atoms with Gasteiger partial charge in [0, 0.05) is 12.5 Å². The number of rotatable bonds is 4. The number of fused-ring (bicyclic) bond motifs is 1. The second-order valence-corrected chi connectivity index (χ2v) is 5.23. The van der Waals surface area contributed by atoms with E-state index < -0.39 is 0 Å². The van der Waals surface area contributed by atoms with E-state index in [4.69, 9.17) is 9.15 Å². The van der Waals surface area contributed by atoms with Crippen molar-refractivity contribution in [3.8, 4) is 17.2 Å². The Kier molecular flexibility index (Phi) is 3.93. The number of methoxy groups -OCH3 is 1. The molecule has 0 amide bonds. The Morgan fingerprint density at radius 3 is 2.70 bits per heavy atom. The summed E-state index contributed by atoms with van der Waals surface area (Å²) in [5.74, 6) is 1.07. The van der Waals surface area contributed by atoms with Gasteiger partial charge in [0.2, 0.25) is 0 Å². The van der Waals surface area contributed by atoms with Crippen molar-refractivity contribution in [2.75, 3.05) is 7.11 Å². The van der Waals surface area contributed by atoms with Crippen LogP contribution in [0.15, 0.2) is 51.7 Å². The van der Waals surface area contributed by atoms with Crippen LogP contribution in [0.4, 0.5) is 0 Å². The molecule has 5 nitrogen and oxygen atoms in total. The van der Waals surface area contributed by atoms with Crippen molar-refractivity contribution in [2.45, 2.75) is 12.8 Å². The highest BCUT2D eigenvalue weighted by molar-refractivity contribution is 5.77. The average Bonchev–Trinajstić information content (AvgIpc) is 2.54. The first-order valence-electron chi connectivity index (χ1n) is 7.19. The van der Waals surface area contributed by atoms with Crippen LogP contribution in [0.1, 0.15) is 11.3 Å². The first kappa shape index (κ1) is 15.0.